The summed E-state index contributed by atoms with van der Waals surface area (Å²) in [5.41, 5.74) is 9.86. The molecule has 0 spiro atoms. The number of ketones is 1. The van der Waals surface area contributed by atoms with Crippen LogP contribution in [0.3, 0.4) is 0 Å². The zero-order chi connectivity index (χ0) is 22.8. The highest BCUT2D eigenvalue weighted by atomic mass is 35.5. The number of ether oxygens (including phenoxy) is 2. The van der Waals surface area contributed by atoms with Crippen molar-refractivity contribution in [3.63, 3.8) is 0 Å². The van der Waals surface area contributed by atoms with Crippen molar-refractivity contribution in [1.82, 2.24) is 0 Å². The lowest BCUT2D eigenvalue weighted by molar-refractivity contribution is -0.138. The van der Waals surface area contributed by atoms with Crippen molar-refractivity contribution in [3.8, 4) is 5.75 Å². The molecule has 2 N–H and O–H groups in total. The number of rotatable bonds is 5. The van der Waals surface area contributed by atoms with E-state index in [1.54, 1.807) is 31.1 Å². The summed E-state index contributed by atoms with van der Waals surface area (Å²) in [6.07, 6.45) is 1.82. The quantitative estimate of drug-likeness (QED) is 0.662. The second-order valence-electron chi connectivity index (χ2n) is 7.67. The van der Waals surface area contributed by atoms with Gasteiger partial charge in [-0.3, -0.25) is 9.69 Å². The number of halogens is 1. The molecule has 0 fully saturated rings. The summed E-state index contributed by atoms with van der Waals surface area (Å²) in [6, 6.07) is 14.5. The van der Waals surface area contributed by atoms with E-state index in [-0.39, 0.29) is 23.8 Å². The van der Waals surface area contributed by atoms with E-state index in [4.69, 9.17) is 26.8 Å². The van der Waals surface area contributed by atoms with E-state index in [2.05, 4.69) is 0 Å². The van der Waals surface area contributed by atoms with E-state index in [1.807, 2.05) is 36.4 Å². The molecule has 0 saturated heterocycles. The molecule has 4 rings (SSSR count). The van der Waals surface area contributed by atoms with Crippen molar-refractivity contribution in [2.75, 3.05) is 18.6 Å². The van der Waals surface area contributed by atoms with Gasteiger partial charge in [0.25, 0.3) is 0 Å². The SMILES string of the molecule is CCOC(=O)C1=C(N)N(c2ccc(Cl)cc2)C2=C(C(=O)CCC2)[C@H]1c1ccc(OC)cc1. The topological polar surface area (TPSA) is 81.9 Å². The summed E-state index contributed by atoms with van der Waals surface area (Å²) in [7, 11) is 1.59. The van der Waals surface area contributed by atoms with Gasteiger partial charge >= 0.3 is 5.97 Å². The number of hydrogen-bond donors (Lipinski definition) is 1. The van der Waals surface area contributed by atoms with Crippen LogP contribution in [-0.2, 0) is 14.3 Å². The first-order chi connectivity index (χ1) is 15.5. The third kappa shape index (κ3) is 3.86. The Morgan fingerprint density at radius 1 is 1.12 bits per heavy atom. The van der Waals surface area contributed by atoms with Crippen molar-refractivity contribution in [3.05, 3.63) is 81.8 Å². The van der Waals surface area contributed by atoms with Gasteiger partial charge in [0.15, 0.2) is 5.78 Å². The third-order valence-electron chi connectivity index (χ3n) is 5.82. The predicted molar refractivity (Wildman–Crippen MR) is 123 cm³/mol. The second-order valence-corrected chi connectivity index (χ2v) is 8.11. The number of allylic oxidation sites excluding steroid dienone is 2. The number of benzene rings is 2. The standard InChI is InChI=1S/C25H25ClN2O4/c1-3-32-25(30)23-21(15-7-13-18(31-2)14-8-15)22-19(5-4-6-20(22)29)28(24(23)27)17-11-9-16(26)10-12-17/h7-14,21H,3-6,27H2,1-2H3/t21-/m1/s1. The van der Waals surface area contributed by atoms with Crippen molar-refractivity contribution >= 4 is 29.0 Å². The Bertz CT molecular complexity index is 1100. The van der Waals surface area contributed by atoms with E-state index in [0.29, 0.717) is 29.2 Å². The first-order valence-electron chi connectivity index (χ1n) is 10.6. The van der Waals surface area contributed by atoms with Gasteiger partial charge in [0, 0.05) is 28.4 Å². The molecule has 7 heteroatoms. The Kier molecular flexibility index (Phi) is 6.24. The highest BCUT2D eigenvalue weighted by Crippen LogP contribution is 2.47. The van der Waals surface area contributed by atoms with Crippen molar-refractivity contribution < 1.29 is 19.1 Å². The highest BCUT2D eigenvalue weighted by molar-refractivity contribution is 6.30. The summed E-state index contributed by atoms with van der Waals surface area (Å²) < 4.78 is 10.7. The molecule has 0 unspecified atom stereocenters. The van der Waals surface area contributed by atoms with Crippen LogP contribution in [0.25, 0.3) is 0 Å². The number of esters is 1. The van der Waals surface area contributed by atoms with E-state index < -0.39 is 11.9 Å². The summed E-state index contributed by atoms with van der Waals surface area (Å²) in [4.78, 5) is 28.2. The summed E-state index contributed by atoms with van der Waals surface area (Å²) >= 11 is 6.08. The summed E-state index contributed by atoms with van der Waals surface area (Å²) in [5.74, 6) is -0.174. The first kappa shape index (κ1) is 22.0. The number of hydrogen-bond acceptors (Lipinski definition) is 6. The molecule has 0 amide bonds. The fourth-order valence-corrected chi connectivity index (χ4v) is 4.54. The molecule has 1 heterocycles. The highest BCUT2D eigenvalue weighted by Gasteiger charge is 2.43. The zero-order valence-corrected chi connectivity index (χ0v) is 18.8. The van der Waals surface area contributed by atoms with Gasteiger partial charge in [0.2, 0.25) is 0 Å². The lowest BCUT2D eigenvalue weighted by Gasteiger charge is -2.40. The van der Waals surface area contributed by atoms with Crippen LogP contribution < -0.4 is 15.4 Å². The number of nitrogens with zero attached hydrogens (tertiary/aromatic N) is 1. The monoisotopic (exact) mass is 452 g/mol. The zero-order valence-electron chi connectivity index (χ0n) is 18.1. The summed E-state index contributed by atoms with van der Waals surface area (Å²) in [5, 5.41) is 0.587. The van der Waals surface area contributed by atoms with Crippen LogP contribution in [0.4, 0.5) is 5.69 Å². The Morgan fingerprint density at radius 2 is 1.81 bits per heavy atom. The molecule has 0 bridgehead atoms. The minimum absolute atomic E-state index is 0.0142. The normalized spacial score (nSPS) is 18.5. The maximum absolute atomic E-state index is 13.3. The average Bonchev–Trinajstić information content (AvgIpc) is 2.79. The molecule has 1 atom stereocenters. The number of anilines is 1. The lowest BCUT2D eigenvalue weighted by Crippen LogP contribution is -2.41. The van der Waals surface area contributed by atoms with Crippen molar-refractivity contribution in [1.29, 1.82) is 0 Å². The van der Waals surface area contributed by atoms with Crippen molar-refractivity contribution in [2.24, 2.45) is 5.73 Å². The fourth-order valence-electron chi connectivity index (χ4n) is 4.41. The second kappa shape index (κ2) is 9.09. The molecule has 32 heavy (non-hydrogen) atoms. The Balaban J connectivity index is 1.96. The molecule has 1 aliphatic heterocycles. The number of carbonyl (C=O) groups excluding carboxylic acids is 2. The molecule has 1 aliphatic carbocycles. The minimum Gasteiger partial charge on any atom is -0.497 e. The van der Waals surface area contributed by atoms with Crippen LogP contribution in [0.1, 0.15) is 37.7 Å². The molecule has 6 nitrogen and oxygen atoms in total. The van der Waals surface area contributed by atoms with Crippen LogP contribution >= 0.6 is 11.6 Å². The van der Waals surface area contributed by atoms with Crippen LogP contribution in [0.2, 0.25) is 5.02 Å². The van der Waals surface area contributed by atoms with Gasteiger partial charge in [-0.15, -0.1) is 0 Å². The van der Waals surface area contributed by atoms with Gasteiger partial charge in [-0.1, -0.05) is 23.7 Å². The lowest BCUT2D eigenvalue weighted by atomic mass is 9.75. The molecule has 2 aromatic carbocycles. The molecule has 2 aromatic rings. The number of nitrogens with two attached hydrogens (primary N) is 1. The molecular weight excluding hydrogens is 428 g/mol. The van der Waals surface area contributed by atoms with Gasteiger partial charge in [0.1, 0.15) is 11.6 Å². The Labute approximate surface area is 192 Å². The van der Waals surface area contributed by atoms with Crippen LogP contribution in [-0.4, -0.2) is 25.5 Å². The maximum atomic E-state index is 13.3. The first-order valence-corrected chi connectivity index (χ1v) is 11.0. The number of carbonyl (C=O) groups is 2. The maximum Gasteiger partial charge on any atom is 0.338 e. The van der Waals surface area contributed by atoms with Crippen molar-refractivity contribution in [2.45, 2.75) is 32.1 Å². The molecule has 166 valence electrons. The Hall–Kier alpha value is -3.25. The smallest absolute Gasteiger partial charge is 0.338 e. The number of Topliss-reactive ketones (excluding diaryl/α,β-unsaturated/α-hetero) is 1. The fraction of sp³-hybridized carbons (Fsp3) is 0.280. The molecule has 0 aromatic heterocycles. The average molecular weight is 453 g/mol. The predicted octanol–water partition coefficient (Wildman–Crippen LogP) is 4.69. The van der Waals surface area contributed by atoms with Gasteiger partial charge in [-0.25, -0.2) is 4.79 Å². The Morgan fingerprint density at radius 3 is 2.44 bits per heavy atom. The molecular formula is C25H25ClN2O4. The largest absolute Gasteiger partial charge is 0.497 e. The van der Waals surface area contributed by atoms with E-state index >= 15 is 0 Å². The number of methoxy groups -OCH3 is 1. The van der Waals surface area contributed by atoms with Crippen LogP contribution in [0.5, 0.6) is 5.75 Å². The minimum atomic E-state index is -0.605. The van der Waals surface area contributed by atoms with Gasteiger partial charge in [0.05, 0.1) is 25.2 Å². The molecule has 0 radical (unpaired) electrons. The van der Waals surface area contributed by atoms with E-state index in [9.17, 15) is 9.59 Å². The summed E-state index contributed by atoms with van der Waals surface area (Å²) in [6.45, 7) is 1.94. The van der Waals surface area contributed by atoms with E-state index in [0.717, 1.165) is 23.4 Å². The van der Waals surface area contributed by atoms with E-state index in [1.165, 1.54) is 0 Å². The van der Waals surface area contributed by atoms with Gasteiger partial charge in [-0.05, 0) is 61.7 Å². The third-order valence-corrected chi connectivity index (χ3v) is 6.07. The van der Waals surface area contributed by atoms with Crippen LogP contribution in [0.15, 0.2) is 71.2 Å². The molecule has 2 aliphatic rings. The van der Waals surface area contributed by atoms with Gasteiger partial charge < -0.3 is 15.2 Å². The van der Waals surface area contributed by atoms with Gasteiger partial charge in [-0.2, -0.15) is 0 Å². The molecule has 0 saturated carbocycles. The van der Waals surface area contributed by atoms with Crippen LogP contribution in [0, 0.1) is 0 Å².